The summed E-state index contributed by atoms with van der Waals surface area (Å²) in [5.74, 6) is 0.840. The average molecular weight is 286 g/mol. The molecule has 0 saturated carbocycles. The summed E-state index contributed by atoms with van der Waals surface area (Å²) < 4.78 is 5.61. The van der Waals surface area contributed by atoms with Crippen molar-refractivity contribution >= 4 is 12.4 Å². The minimum Gasteiger partial charge on any atom is -0.491 e. The van der Waals surface area contributed by atoms with E-state index in [1.807, 2.05) is 31.2 Å². The number of rotatable bonds is 5. The quantitative estimate of drug-likeness (QED) is 0.903. The largest absolute Gasteiger partial charge is 0.491 e. The third-order valence-corrected chi connectivity index (χ3v) is 3.35. The second-order valence-electron chi connectivity index (χ2n) is 5.14. The number of halogens is 1. The van der Waals surface area contributed by atoms with Crippen LogP contribution < -0.4 is 4.74 Å². The van der Waals surface area contributed by atoms with Crippen LogP contribution in [0.4, 0.5) is 0 Å². The molecule has 1 heterocycles. The highest BCUT2D eigenvalue weighted by Crippen LogP contribution is 2.13. The lowest BCUT2D eigenvalue weighted by Crippen LogP contribution is -2.38. The molecule has 1 aromatic carbocycles. The molecule has 1 aliphatic rings. The fourth-order valence-electron chi connectivity index (χ4n) is 2.39. The molecule has 0 radical (unpaired) electrons. The first kappa shape index (κ1) is 16.3. The zero-order chi connectivity index (χ0) is 12.8. The van der Waals surface area contributed by atoms with Crippen LogP contribution in [-0.4, -0.2) is 42.4 Å². The average Bonchev–Trinajstić information content (AvgIpc) is 2.38. The Morgan fingerprint density at radius 2 is 2.00 bits per heavy atom. The van der Waals surface area contributed by atoms with Gasteiger partial charge in [0, 0.05) is 6.54 Å². The Hall–Kier alpha value is -0.770. The molecule has 1 fully saturated rings. The van der Waals surface area contributed by atoms with E-state index >= 15 is 0 Å². The van der Waals surface area contributed by atoms with Crippen LogP contribution in [0.5, 0.6) is 5.75 Å². The second-order valence-corrected chi connectivity index (χ2v) is 5.14. The van der Waals surface area contributed by atoms with Crippen LogP contribution in [0.15, 0.2) is 24.3 Å². The van der Waals surface area contributed by atoms with Gasteiger partial charge >= 0.3 is 0 Å². The third-order valence-electron chi connectivity index (χ3n) is 3.35. The van der Waals surface area contributed by atoms with Crippen molar-refractivity contribution in [3.05, 3.63) is 29.8 Å². The van der Waals surface area contributed by atoms with E-state index in [9.17, 15) is 5.11 Å². The first-order valence-electron chi connectivity index (χ1n) is 6.84. The highest BCUT2D eigenvalue weighted by atomic mass is 35.5. The number of nitrogens with zero attached hydrogens (tertiary/aromatic N) is 1. The Morgan fingerprint density at radius 1 is 1.26 bits per heavy atom. The van der Waals surface area contributed by atoms with E-state index in [0.717, 1.165) is 25.4 Å². The van der Waals surface area contributed by atoms with Crippen LogP contribution in [0, 0.1) is 6.92 Å². The minimum atomic E-state index is -0.399. The Morgan fingerprint density at radius 3 is 2.68 bits per heavy atom. The van der Waals surface area contributed by atoms with Crippen LogP contribution in [0.25, 0.3) is 0 Å². The van der Waals surface area contributed by atoms with E-state index in [4.69, 9.17) is 4.74 Å². The number of likely N-dealkylation sites (tertiary alicyclic amines) is 1. The Balaban J connectivity index is 0.00000180. The summed E-state index contributed by atoms with van der Waals surface area (Å²) in [5, 5.41) is 9.97. The van der Waals surface area contributed by atoms with E-state index in [2.05, 4.69) is 4.90 Å². The molecule has 1 N–H and O–H groups in total. The molecule has 1 aromatic rings. The molecule has 108 valence electrons. The van der Waals surface area contributed by atoms with Crippen molar-refractivity contribution in [2.75, 3.05) is 26.2 Å². The first-order valence-corrected chi connectivity index (χ1v) is 6.84. The van der Waals surface area contributed by atoms with E-state index in [-0.39, 0.29) is 12.4 Å². The number of β-amino-alcohol motifs (C(OH)–C–C–N with tert-alkyl or cyclic N) is 1. The van der Waals surface area contributed by atoms with Gasteiger partial charge in [0.1, 0.15) is 18.5 Å². The van der Waals surface area contributed by atoms with Crippen molar-refractivity contribution in [2.45, 2.75) is 32.3 Å². The Bertz CT molecular complexity index is 367. The maximum absolute atomic E-state index is 9.97. The SMILES string of the molecule is Cc1cccc(OCC(O)CN2CCCCC2)c1.Cl. The van der Waals surface area contributed by atoms with Gasteiger partial charge in [0.05, 0.1) is 0 Å². The van der Waals surface area contributed by atoms with Crippen LogP contribution in [0.1, 0.15) is 24.8 Å². The lowest BCUT2D eigenvalue weighted by atomic mass is 10.1. The summed E-state index contributed by atoms with van der Waals surface area (Å²) in [7, 11) is 0. The fourth-order valence-corrected chi connectivity index (χ4v) is 2.39. The molecule has 1 saturated heterocycles. The summed E-state index contributed by atoms with van der Waals surface area (Å²) >= 11 is 0. The molecule has 3 nitrogen and oxygen atoms in total. The molecule has 0 amide bonds. The molecule has 19 heavy (non-hydrogen) atoms. The van der Waals surface area contributed by atoms with E-state index in [1.165, 1.54) is 24.8 Å². The molecular formula is C15H24ClNO2. The lowest BCUT2D eigenvalue weighted by Gasteiger charge is -2.28. The molecule has 4 heteroatoms. The van der Waals surface area contributed by atoms with E-state index < -0.39 is 6.10 Å². The van der Waals surface area contributed by atoms with Crippen LogP contribution in [-0.2, 0) is 0 Å². The Labute approximate surface area is 122 Å². The summed E-state index contributed by atoms with van der Waals surface area (Å²) in [6.45, 7) is 5.37. The smallest absolute Gasteiger partial charge is 0.119 e. The topological polar surface area (TPSA) is 32.7 Å². The third kappa shape index (κ3) is 5.81. The number of piperidine rings is 1. The Kier molecular flexibility index (Phi) is 7.21. The summed E-state index contributed by atoms with van der Waals surface area (Å²) in [4.78, 5) is 2.33. The van der Waals surface area contributed by atoms with E-state index in [0.29, 0.717) is 6.61 Å². The summed E-state index contributed by atoms with van der Waals surface area (Å²) in [6, 6.07) is 7.94. The van der Waals surface area contributed by atoms with Crippen LogP contribution in [0.3, 0.4) is 0 Å². The monoisotopic (exact) mass is 285 g/mol. The highest BCUT2D eigenvalue weighted by Gasteiger charge is 2.14. The van der Waals surface area contributed by atoms with Crippen molar-refractivity contribution in [3.8, 4) is 5.75 Å². The van der Waals surface area contributed by atoms with Crippen molar-refractivity contribution < 1.29 is 9.84 Å². The molecule has 1 aliphatic heterocycles. The zero-order valence-corrected chi connectivity index (χ0v) is 12.4. The number of hydrogen-bond acceptors (Lipinski definition) is 3. The summed E-state index contributed by atoms with van der Waals surface area (Å²) in [6.07, 6.45) is 3.44. The van der Waals surface area contributed by atoms with Crippen molar-refractivity contribution in [2.24, 2.45) is 0 Å². The number of benzene rings is 1. The van der Waals surface area contributed by atoms with E-state index in [1.54, 1.807) is 0 Å². The predicted molar refractivity (Wildman–Crippen MR) is 80.2 cm³/mol. The van der Waals surface area contributed by atoms with Crippen LogP contribution in [0.2, 0.25) is 0 Å². The number of aryl methyl sites for hydroxylation is 1. The molecule has 2 rings (SSSR count). The predicted octanol–water partition coefficient (Wildman–Crippen LogP) is 2.64. The van der Waals surface area contributed by atoms with Crippen LogP contribution >= 0.6 is 12.4 Å². The van der Waals surface area contributed by atoms with Gasteiger partial charge in [0.25, 0.3) is 0 Å². The van der Waals surface area contributed by atoms with Gasteiger partial charge in [0.2, 0.25) is 0 Å². The number of aliphatic hydroxyl groups excluding tert-OH is 1. The summed E-state index contributed by atoms with van der Waals surface area (Å²) in [5.41, 5.74) is 1.18. The van der Waals surface area contributed by atoms with Gasteiger partial charge in [0.15, 0.2) is 0 Å². The number of hydrogen-bond donors (Lipinski definition) is 1. The molecular weight excluding hydrogens is 262 g/mol. The van der Waals surface area contributed by atoms with Gasteiger partial charge in [-0.15, -0.1) is 12.4 Å². The van der Waals surface area contributed by atoms with Gasteiger partial charge in [-0.25, -0.2) is 0 Å². The minimum absolute atomic E-state index is 0. The molecule has 0 spiro atoms. The lowest BCUT2D eigenvalue weighted by molar-refractivity contribution is 0.0617. The van der Waals surface area contributed by atoms with Gasteiger partial charge in [-0.3, -0.25) is 0 Å². The molecule has 0 bridgehead atoms. The van der Waals surface area contributed by atoms with Gasteiger partial charge in [-0.2, -0.15) is 0 Å². The normalized spacial score (nSPS) is 17.6. The van der Waals surface area contributed by atoms with Gasteiger partial charge in [-0.05, 0) is 50.6 Å². The van der Waals surface area contributed by atoms with Crippen molar-refractivity contribution in [3.63, 3.8) is 0 Å². The van der Waals surface area contributed by atoms with Gasteiger partial charge in [-0.1, -0.05) is 18.6 Å². The van der Waals surface area contributed by atoms with Gasteiger partial charge < -0.3 is 14.7 Å². The molecule has 1 unspecified atom stereocenters. The standard InChI is InChI=1S/C15H23NO2.ClH/c1-13-6-5-7-15(10-13)18-12-14(17)11-16-8-3-2-4-9-16;/h5-7,10,14,17H,2-4,8-9,11-12H2,1H3;1H. The maximum Gasteiger partial charge on any atom is 0.119 e. The van der Waals surface area contributed by atoms with Crippen molar-refractivity contribution in [1.82, 2.24) is 4.90 Å². The number of ether oxygens (including phenoxy) is 1. The molecule has 0 aliphatic carbocycles. The maximum atomic E-state index is 9.97. The molecule has 1 atom stereocenters. The first-order chi connectivity index (χ1) is 8.74. The fraction of sp³-hybridized carbons (Fsp3) is 0.600. The second kappa shape index (κ2) is 8.41. The highest BCUT2D eigenvalue weighted by molar-refractivity contribution is 5.85. The number of aliphatic hydroxyl groups is 1. The van der Waals surface area contributed by atoms with Crippen molar-refractivity contribution in [1.29, 1.82) is 0 Å². The molecule has 0 aromatic heterocycles. The zero-order valence-electron chi connectivity index (χ0n) is 11.5.